The van der Waals surface area contributed by atoms with Gasteiger partial charge in [0.05, 0.1) is 20.4 Å². The number of para-hydroxylation sites is 2. The van der Waals surface area contributed by atoms with Crippen LogP contribution in [-0.2, 0) is 13.1 Å². The van der Waals surface area contributed by atoms with Gasteiger partial charge in [-0.1, -0.05) is 51.0 Å². The van der Waals surface area contributed by atoms with E-state index in [0.29, 0.717) is 0 Å². The van der Waals surface area contributed by atoms with Crippen LogP contribution in [0.1, 0.15) is 39.5 Å². The molecule has 0 saturated heterocycles. The summed E-state index contributed by atoms with van der Waals surface area (Å²) in [6.07, 6.45) is 4.62. The Morgan fingerprint density at radius 2 is 0.935 bits per heavy atom. The second kappa shape index (κ2) is 11.1. The van der Waals surface area contributed by atoms with Crippen LogP contribution in [0.25, 0.3) is 85.2 Å². The van der Waals surface area contributed by atoms with Gasteiger partial charge in [-0.25, -0.2) is 9.97 Å². The Balaban J connectivity index is 1.30. The maximum Gasteiger partial charge on any atom is 0.124 e. The van der Waals surface area contributed by atoms with E-state index in [1.165, 1.54) is 64.1 Å². The summed E-state index contributed by atoms with van der Waals surface area (Å²) >= 11 is 3.55. The molecule has 46 heavy (non-hydrogen) atoms. The van der Waals surface area contributed by atoms with Crippen molar-refractivity contribution in [3.8, 4) is 21.1 Å². The third kappa shape index (κ3) is 4.38. The van der Waals surface area contributed by atoms with Gasteiger partial charge < -0.3 is 9.13 Å². The molecule has 0 bridgehead atoms. The number of nitrogens with zero attached hydrogens (tertiary/aromatic N) is 4. The summed E-state index contributed by atoms with van der Waals surface area (Å²) in [5.74, 6) is 0. The molecule has 9 rings (SSSR count). The average molecular weight is 635 g/mol. The molecule has 0 amide bonds. The third-order valence-electron chi connectivity index (χ3n) is 9.40. The monoisotopic (exact) mass is 634 g/mol. The number of aryl methyl sites for hydroxylation is 2. The van der Waals surface area contributed by atoms with Crippen molar-refractivity contribution >= 4 is 86.7 Å². The lowest BCUT2D eigenvalue weighted by molar-refractivity contribution is 0.664. The van der Waals surface area contributed by atoms with Crippen molar-refractivity contribution in [3.05, 3.63) is 97.1 Å². The molecule has 0 N–H and O–H groups in total. The summed E-state index contributed by atoms with van der Waals surface area (Å²) in [6, 6.07) is 35.8. The van der Waals surface area contributed by atoms with Crippen LogP contribution in [0, 0.1) is 0 Å². The minimum absolute atomic E-state index is 1.01. The van der Waals surface area contributed by atoms with E-state index >= 15 is 0 Å². The SMILES string of the molecule is CCCCn1c2ccc(-c3nc4ccccc4s3)cc2c2cc3c(cc21)c1cc(-c2nc4ccccc4s2)ccc1n3CCCC. The van der Waals surface area contributed by atoms with Gasteiger partial charge in [-0.15, -0.1) is 22.7 Å². The van der Waals surface area contributed by atoms with E-state index in [-0.39, 0.29) is 0 Å². The first kappa shape index (κ1) is 27.8. The van der Waals surface area contributed by atoms with Crippen molar-refractivity contribution in [3.63, 3.8) is 0 Å². The van der Waals surface area contributed by atoms with Gasteiger partial charge in [0.1, 0.15) is 10.0 Å². The Hall–Kier alpha value is -4.52. The third-order valence-corrected chi connectivity index (χ3v) is 11.6. The fourth-order valence-electron chi connectivity index (χ4n) is 7.06. The maximum atomic E-state index is 5.00. The molecule has 9 aromatic rings. The Bertz CT molecular complexity index is 2330. The van der Waals surface area contributed by atoms with Crippen LogP contribution in [0.2, 0.25) is 0 Å². The Kier molecular flexibility index (Phi) is 6.68. The first-order valence-corrected chi connectivity index (χ1v) is 18.1. The lowest BCUT2D eigenvalue weighted by Gasteiger charge is -2.08. The molecule has 0 aliphatic heterocycles. The Morgan fingerprint density at radius 1 is 0.500 bits per heavy atom. The molecule has 0 spiro atoms. The first-order valence-electron chi connectivity index (χ1n) is 16.4. The van der Waals surface area contributed by atoms with Crippen LogP contribution >= 0.6 is 22.7 Å². The molecule has 0 atom stereocenters. The highest BCUT2D eigenvalue weighted by molar-refractivity contribution is 7.22. The summed E-state index contributed by atoms with van der Waals surface area (Å²) < 4.78 is 7.58. The molecule has 0 saturated carbocycles. The van der Waals surface area contributed by atoms with Crippen molar-refractivity contribution in [1.82, 2.24) is 19.1 Å². The molecule has 6 heteroatoms. The van der Waals surface area contributed by atoms with Gasteiger partial charge in [0.2, 0.25) is 0 Å². The Labute approximate surface area is 275 Å². The van der Waals surface area contributed by atoms with Gasteiger partial charge in [-0.05, 0) is 85.6 Å². The zero-order valence-corrected chi connectivity index (χ0v) is 27.7. The lowest BCUT2D eigenvalue weighted by atomic mass is 10.1. The normalized spacial score (nSPS) is 12.2. The highest BCUT2D eigenvalue weighted by atomic mass is 32.1. The molecule has 0 fully saturated rings. The Morgan fingerprint density at radius 3 is 1.37 bits per heavy atom. The topological polar surface area (TPSA) is 35.6 Å². The van der Waals surface area contributed by atoms with Gasteiger partial charge in [0.15, 0.2) is 0 Å². The first-order chi connectivity index (χ1) is 22.7. The molecule has 4 nitrogen and oxygen atoms in total. The average Bonchev–Trinajstić information content (AvgIpc) is 3.86. The number of aromatic nitrogens is 4. The van der Waals surface area contributed by atoms with Crippen LogP contribution in [0.15, 0.2) is 97.1 Å². The highest BCUT2D eigenvalue weighted by Crippen LogP contribution is 2.41. The van der Waals surface area contributed by atoms with Crippen LogP contribution in [0.3, 0.4) is 0 Å². The van der Waals surface area contributed by atoms with Crippen LogP contribution < -0.4 is 0 Å². The maximum absolute atomic E-state index is 5.00. The number of thiazole rings is 2. The van der Waals surface area contributed by atoms with E-state index in [9.17, 15) is 0 Å². The highest BCUT2D eigenvalue weighted by Gasteiger charge is 2.19. The van der Waals surface area contributed by atoms with E-state index in [4.69, 9.17) is 9.97 Å². The van der Waals surface area contributed by atoms with Crippen molar-refractivity contribution in [1.29, 1.82) is 0 Å². The summed E-state index contributed by atoms with van der Waals surface area (Å²) in [5.41, 5.74) is 9.77. The standard InChI is InChI=1S/C40H34N4S2/c1-3-5-19-43-33-17-15-25(39-41-31-11-7-9-13-37(31)45-39)21-27(33)29-24-36-30(23-35(29)43)28-22-26(16-18-34(28)44(36)20-6-4-2)40-42-32-12-8-10-14-38(32)46-40/h7-18,21-24H,3-6,19-20H2,1-2H3. The number of hydrogen-bond acceptors (Lipinski definition) is 4. The van der Waals surface area contributed by atoms with Gasteiger partial charge in [-0.2, -0.15) is 0 Å². The summed E-state index contributed by atoms with van der Waals surface area (Å²) in [5, 5.41) is 7.44. The molecule has 4 heterocycles. The predicted molar refractivity (Wildman–Crippen MR) is 199 cm³/mol. The number of hydrogen-bond donors (Lipinski definition) is 0. The van der Waals surface area contributed by atoms with Crippen molar-refractivity contribution in [2.45, 2.75) is 52.6 Å². The molecular formula is C40H34N4S2. The minimum atomic E-state index is 1.01. The zero-order chi connectivity index (χ0) is 30.8. The number of rotatable bonds is 8. The predicted octanol–water partition coefficient (Wildman–Crippen LogP) is 12.1. The van der Waals surface area contributed by atoms with Crippen molar-refractivity contribution < 1.29 is 0 Å². The van der Waals surface area contributed by atoms with Crippen LogP contribution in [-0.4, -0.2) is 19.1 Å². The minimum Gasteiger partial charge on any atom is -0.340 e. The fraction of sp³-hybridized carbons (Fsp3) is 0.200. The summed E-state index contributed by atoms with van der Waals surface area (Å²) in [7, 11) is 0. The fourth-order valence-corrected chi connectivity index (χ4v) is 8.98. The molecule has 5 aromatic carbocycles. The molecule has 4 aromatic heterocycles. The van der Waals surface area contributed by atoms with Crippen molar-refractivity contribution in [2.75, 3.05) is 0 Å². The van der Waals surface area contributed by atoms with E-state index in [0.717, 1.165) is 59.8 Å². The largest absolute Gasteiger partial charge is 0.340 e. The summed E-state index contributed by atoms with van der Waals surface area (Å²) in [4.78, 5) is 10.0. The lowest BCUT2D eigenvalue weighted by Crippen LogP contribution is -1.98. The smallest absolute Gasteiger partial charge is 0.124 e. The van der Waals surface area contributed by atoms with Crippen molar-refractivity contribution in [2.24, 2.45) is 0 Å². The van der Waals surface area contributed by atoms with E-state index in [1.54, 1.807) is 22.7 Å². The molecule has 0 aliphatic carbocycles. The number of benzene rings is 5. The quantitative estimate of drug-likeness (QED) is 0.167. The van der Waals surface area contributed by atoms with E-state index in [1.807, 2.05) is 0 Å². The number of unbranched alkanes of at least 4 members (excludes halogenated alkanes) is 2. The number of fused-ring (bicyclic) bond motifs is 8. The molecule has 226 valence electrons. The van der Waals surface area contributed by atoms with Gasteiger partial charge in [-0.3, -0.25) is 0 Å². The second-order valence-electron chi connectivity index (χ2n) is 12.3. The zero-order valence-electron chi connectivity index (χ0n) is 26.1. The van der Waals surface area contributed by atoms with E-state index < -0.39 is 0 Å². The molecule has 0 aliphatic rings. The molecular weight excluding hydrogens is 601 g/mol. The van der Waals surface area contributed by atoms with E-state index in [2.05, 4.69) is 120 Å². The molecule has 0 unspecified atom stereocenters. The summed E-state index contributed by atoms with van der Waals surface area (Å²) in [6.45, 7) is 6.58. The van der Waals surface area contributed by atoms with Crippen LogP contribution in [0.5, 0.6) is 0 Å². The van der Waals surface area contributed by atoms with Gasteiger partial charge in [0.25, 0.3) is 0 Å². The molecule has 0 radical (unpaired) electrons. The second-order valence-corrected chi connectivity index (χ2v) is 14.4. The van der Waals surface area contributed by atoms with Gasteiger partial charge in [0, 0.05) is 67.8 Å². The van der Waals surface area contributed by atoms with Crippen LogP contribution in [0.4, 0.5) is 0 Å². The van der Waals surface area contributed by atoms with Gasteiger partial charge >= 0.3 is 0 Å².